The minimum atomic E-state index is -0.801. The van der Waals surface area contributed by atoms with Crippen molar-refractivity contribution in [2.24, 2.45) is 0 Å². The second-order valence-electron chi connectivity index (χ2n) is 8.04. The second kappa shape index (κ2) is 8.45. The molecule has 0 radical (unpaired) electrons. The molecule has 0 saturated carbocycles. The van der Waals surface area contributed by atoms with Gasteiger partial charge in [-0.25, -0.2) is 4.39 Å². The van der Waals surface area contributed by atoms with Gasteiger partial charge in [-0.1, -0.05) is 6.07 Å². The fraction of sp³-hybridized carbons (Fsp3) is 0.650. The molecular weight excluding hydrogens is 333 g/mol. The zero-order chi connectivity index (χ0) is 19.5. The van der Waals surface area contributed by atoms with E-state index in [1.165, 1.54) is 6.07 Å². The fourth-order valence-electron chi connectivity index (χ4n) is 3.68. The molecule has 1 aliphatic heterocycles. The summed E-state index contributed by atoms with van der Waals surface area (Å²) in [6.07, 6.45) is -0.157. The van der Waals surface area contributed by atoms with Crippen LogP contribution in [0.1, 0.15) is 50.0 Å². The molecule has 2 atom stereocenters. The number of benzene rings is 1. The Morgan fingerprint density at radius 1 is 1.35 bits per heavy atom. The molecule has 6 heteroatoms. The molecule has 2 unspecified atom stereocenters. The van der Waals surface area contributed by atoms with Gasteiger partial charge in [0.25, 0.3) is 0 Å². The average Bonchev–Trinajstić information content (AvgIpc) is 2.56. The Morgan fingerprint density at radius 2 is 2.04 bits per heavy atom. The summed E-state index contributed by atoms with van der Waals surface area (Å²) in [4.78, 5) is 4.59. The summed E-state index contributed by atoms with van der Waals surface area (Å²) in [6.45, 7) is 11.2. The van der Waals surface area contributed by atoms with E-state index in [1.807, 2.05) is 6.07 Å². The topological polar surface area (TPSA) is 70.7 Å². The maximum absolute atomic E-state index is 13.7. The average molecular weight is 363 g/mol. The van der Waals surface area contributed by atoms with Crippen molar-refractivity contribution in [3.8, 4) is 6.07 Å². The highest BCUT2D eigenvalue weighted by atomic mass is 19.1. The van der Waals surface area contributed by atoms with Gasteiger partial charge in [0.2, 0.25) is 0 Å². The van der Waals surface area contributed by atoms with Crippen LogP contribution in [0.15, 0.2) is 12.1 Å². The Labute approximate surface area is 155 Å². The normalized spacial score (nSPS) is 20.8. The molecule has 26 heavy (non-hydrogen) atoms. The van der Waals surface area contributed by atoms with Crippen LogP contribution in [-0.4, -0.2) is 64.4 Å². The summed E-state index contributed by atoms with van der Waals surface area (Å²) in [6, 6.07) is 4.83. The van der Waals surface area contributed by atoms with Crippen LogP contribution in [0.25, 0.3) is 0 Å². The van der Waals surface area contributed by atoms with Crippen LogP contribution in [0.2, 0.25) is 0 Å². The monoisotopic (exact) mass is 363 g/mol. The third-order valence-electron chi connectivity index (χ3n) is 5.35. The van der Waals surface area contributed by atoms with Crippen molar-refractivity contribution in [3.63, 3.8) is 0 Å². The molecule has 0 bridgehead atoms. The van der Waals surface area contributed by atoms with Crippen LogP contribution in [0.3, 0.4) is 0 Å². The van der Waals surface area contributed by atoms with E-state index in [0.29, 0.717) is 24.1 Å². The van der Waals surface area contributed by atoms with Gasteiger partial charge in [-0.3, -0.25) is 9.80 Å². The van der Waals surface area contributed by atoms with E-state index >= 15 is 0 Å². The number of β-amino-alcohol motifs (C(OH)–C–C–N with tert-alkyl or cyclic N) is 1. The number of hydrogen-bond acceptors (Lipinski definition) is 5. The number of nitrogens with zero attached hydrogens (tertiary/aromatic N) is 3. The Bertz CT molecular complexity index is 666. The molecule has 1 saturated heterocycles. The first-order valence-corrected chi connectivity index (χ1v) is 9.16. The van der Waals surface area contributed by atoms with Gasteiger partial charge in [-0.05, 0) is 51.3 Å². The number of rotatable bonds is 5. The molecule has 1 heterocycles. The summed E-state index contributed by atoms with van der Waals surface area (Å²) in [5.74, 6) is -0.558. The van der Waals surface area contributed by atoms with Crippen LogP contribution < -0.4 is 0 Å². The van der Waals surface area contributed by atoms with Crippen molar-refractivity contribution in [2.45, 2.75) is 51.8 Å². The predicted octanol–water partition coefficient (Wildman–Crippen LogP) is 2.21. The first-order valence-electron chi connectivity index (χ1n) is 9.16. The summed E-state index contributed by atoms with van der Waals surface area (Å²) in [7, 11) is 0. The van der Waals surface area contributed by atoms with Crippen molar-refractivity contribution >= 4 is 0 Å². The Morgan fingerprint density at radius 3 is 2.62 bits per heavy atom. The minimum Gasteiger partial charge on any atom is -0.396 e. The third-order valence-corrected chi connectivity index (χ3v) is 5.35. The minimum absolute atomic E-state index is 0.00832. The van der Waals surface area contributed by atoms with E-state index in [9.17, 15) is 14.6 Å². The van der Waals surface area contributed by atoms with E-state index in [2.05, 4.69) is 30.6 Å². The van der Waals surface area contributed by atoms with Gasteiger partial charge < -0.3 is 10.2 Å². The summed E-state index contributed by atoms with van der Waals surface area (Å²) in [5, 5.41) is 29.3. The van der Waals surface area contributed by atoms with Crippen molar-refractivity contribution in [3.05, 3.63) is 34.6 Å². The SMILES string of the molecule is Cc1c(C(O)CN2CCN(C(C)(C)C)CC2CCO)ccc(F)c1C#N. The van der Waals surface area contributed by atoms with E-state index in [1.54, 1.807) is 13.0 Å². The molecule has 2 rings (SSSR count). The number of halogens is 1. The number of nitriles is 1. The highest BCUT2D eigenvalue weighted by Crippen LogP contribution is 2.26. The van der Waals surface area contributed by atoms with E-state index in [-0.39, 0.29) is 23.8 Å². The Kier molecular flexibility index (Phi) is 6.75. The molecule has 144 valence electrons. The first kappa shape index (κ1) is 20.8. The van der Waals surface area contributed by atoms with Gasteiger partial charge >= 0.3 is 0 Å². The molecule has 0 amide bonds. The molecule has 1 aromatic carbocycles. The second-order valence-corrected chi connectivity index (χ2v) is 8.04. The standard InChI is InChI=1S/C20H30FN3O2/c1-14-16(5-6-18(21)17(14)11-22)19(26)13-23-8-9-24(20(2,3)4)12-15(23)7-10-25/h5-6,15,19,25-26H,7-10,12-13H2,1-4H3. The maximum Gasteiger partial charge on any atom is 0.141 e. The number of aliphatic hydroxyl groups is 2. The molecular formula is C20H30FN3O2. The third kappa shape index (κ3) is 4.60. The first-order chi connectivity index (χ1) is 12.2. The molecule has 1 aliphatic rings. The van der Waals surface area contributed by atoms with Gasteiger partial charge in [-0.2, -0.15) is 5.26 Å². The largest absolute Gasteiger partial charge is 0.396 e. The van der Waals surface area contributed by atoms with Gasteiger partial charge in [-0.15, -0.1) is 0 Å². The van der Waals surface area contributed by atoms with Crippen molar-refractivity contribution < 1.29 is 14.6 Å². The Balaban J connectivity index is 2.15. The molecule has 0 aromatic heterocycles. The van der Waals surface area contributed by atoms with Crippen LogP contribution in [0, 0.1) is 24.1 Å². The van der Waals surface area contributed by atoms with Crippen LogP contribution in [0.4, 0.5) is 4.39 Å². The lowest BCUT2D eigenvalue weighted by Gasteiger charge is -2.47. The summed E-state index contributed by atoms with van der Waals surface area (Å²) < 4.78 is 13.7. The smallest absolute Gasteiger partial charge is 0.141 e. The zero-order valence-electron chi connectivity index (χ0n) is 16.2. The number of aliphatic hydroxyl groups excluding tert-OH is 2. The Hall–Kier alpha value is -1.52. The molecule has 2 N–H and O–H groups in total. The lowest BCUT2D eigenvalue weighted by molar-refractivity contribution is -0.00826. The summed E-state index contributed by atoms with van der Waals surface area (Å²) in [5.41, 5.74) is 1.13. The molecule has 1 aromatic rings. The van der Waals surface area contributed by atoms with E-state index in [4.69, 9.17) is 5.26 Å². The summed E-state index contributed by atoms with van der Waals surface area (Å²) >= 11 is 0. The maximum atomic E-state index is 13.7. The van der Waals surface area contributed by atoms with Crippen LogP contribution >= 0.6 is 0 Å². The molecule has 5 nitrogen and oxygen atoms in total. The van der Waals surface area contributed by atoms with Crippen molar-refractivity contribution in [1.82, 2.24) is 9.80 Å². The number of hydrogen-bond donors (Lipinski definition) is 2. The molecule has 1 fully saturated rings. The van der Waals surface area contributed by atoms with Gasteiger partial charge in [0.15, 0.2) is 0 Å². The van der Waals surface area contributed by atoms with Gasteiger partial charge in [0.05, 0.1) is 11.7 Å². The van der Waals surface area contributed by atoms with Gasteiger partial charge in [0, 0.05) is 44.4 Å². The van der Waals surface area contributed by atoms with Crippen LogP contribution in [-0.2, 0) is 0 Å². The number of piperazine rings is 1. The highest BCUT2D eigenvalue weighted by Gasteiger charge is 2.33. The van der Waals surface area contributed by atoms with Crippen molar-refractivity contribution in [1.29, 1.82) is 5.26 Å². The fourth-order valence-corrected chi connectivity index (χ4v) is 3.68. The lowest BCUT2D eigenvalue weighted by atomic mass is 9.96. The predicted molar refractivity (Wildman–Crippen MR) is 99.2 cm³/mol. The van der Waals surface area contributed by atoms with E-state index < -0.39 is 11.9 Å². The van der Waals surface area contributed by atoms with E-state index in [0.717, 1.165) is 19.6 Å². The van der Waals surface area contributed by atoms with Crippen LogP contribution in [0.5, 0.6) is 0 Å². The molecule has 0 aliphatic carbocycles. The lowest BCUT2D eigenvalue weighted by Crippen LogP contribution is -2.58. The highest BCUT2D eigenvalue weighted by molar-refractivity contribution is 5.44. The molecule has 0 spiro atoms. The van der Waals surface area contributed by atoms with Gasteiger partial charge in [0.1, 0.15) is 11.9 Å². The van der Waals surface area contributed by atoms with Crippen molar-refractivity contribution in [2.75, 3.05) is 32.8 Å². The zero-order valence-corrected chi connectivity index (χ0v) is 16.2. The quantitative estimate of drug-likeness (QED) is 0.839.